The largest absolute Gasteiger partial charge is 0.494 e. The highest BCUT2D eigenvalue weighted by Gasteiger charge is 2.78. The lowest BCUT2D eigenvalue weighted by atomic mass is 9.44. The number of ether oxygens (including phenoxy) is 6. The molecule has 1 aromatic heterocycles. The number of pyridine rings is 1. The molecule has 3 fully saturated rings. The molecule has 1 amide bonds. The summed E-state index contributed by atoms with van der Waals surface area (Å²) in [5.41, 5.74) is -3.16. The van der Waals surface area contributed by atoms with Crippen LogP contribution >= 0.6 is 0 Å². The van der Waals surface area contributed by atoms with Gasteiger partial charge in [-0.2, -0.15) is 0 Å². The van der Waals surface area contributed by atoms with Crippen molar-refractivity contribution >= 4 is 84.5 Å². The average Bonchev–Trinajstić information content (AvgIpc) is 0.670. The Labute approximate surface area is 519 Å². The summed E-state index contributed by atoms with van der Waals surface area (Å²) in [5, 5.41) is 45.7. The van der Waals surface area contributed by atoms with Crippen LogP contribution in [0.25, 0.3) is 21.8 Å². The van der Waals surface area contributed by atoms with E-state index < -0.39 is 123 Å². The third-order valence-corrected chi connectivity index (χ3v) is 18.4. The van der Waals surface area contributed by atoms with Crippen molar-refractivity contribution in [2.75, 3.05) is 30.0 Å². The molecule has 2 saturated carbocycles. The predicted molar refractivity (Wildman–Crippen MR) is 332 cm³/mol. The molecule has 470 valence electrons. The Morgan fingerprint density at radius 3 is 1.89 bits per heavy atom. The number of hydrogen-bond acceptors (Lipinski definition) is 19. The summed E-state index contributed by atoms with van der Waals surface area (Å²) in [5.74, 6) is -6.31. The fourth-order valence-electron chi connectivity index (χ4n) is 13.4. The zero-order chi connectivity index (χ0) is 64.7. The highest BCUT2D eigenvalue weighted by atomic mass is 32.2. The molecule has 1 saturated heterocycles. The maximum atomic E-state index is 15.5. The van der Waals surface area contributed by atoms with Crippen LogP contribution in [0.1, 0.15) is 86.7 Å². The van der Waals surface area contributed by atoms with Crippen LogP contribution in [0.5, 0.6) is 5.75 Å². The molecule has 2 heterocycles. The van der Waals surface area contributed by atoms with Gasteiger partial charge in [0.25, 0.3) is 5.91 Å². The summed E-state index contributed by atoms with van der Waals surface area (Å²) in [6.45, 7) is 7.97. The SMILES string of the molecule is CC(=O)O[C@H]1C(=O)[C@@]2(C)[C@H]([C@H](OC(=O)c3ccccc3)[C@]3(O)C[C@H](OC(=O)[C@H](O)[C@@H](NC(=O)c4ccccc4)c4ccccc4)C(C)=C1C3(C)C)[C@]1(OC(C)=O)CO[C@@H]1C[C@@H]2O.COc1cc(NS(C)(=O)=O)ccc1Nc1c2ccccc2nc2ccccc12. The van der Waals surface area contributed by atoms with E-state index in [0.29, 0.717) is 17.0 Å². The van der Waals surface area contributed by atoms with E-state index in [1.54, 1.807) is 118 Å². The molecule has 21 nitrogen and oxygen atoms in total. The summed E-state index contributed by atoms with van der Waals surface area (Å²) in [6, 6.07) is 43.9. The van der Waals surface area contributed by atoms with Crippen molar-refractivity contribution in [1.29, 1.82) is 0 Å². The van der Waals surface area contributed by atoms with Crippen molar-refractivity contribution in [3.63, 3.8) is 0 Å². The fraction of sp³-hybridized carbons (Fsp3) is 0.338. The fourth-order valence-corrected chi connectivity index (χ4v) is 13.9. The Kier molecular flexibility index (Phi) is 17.8. The molecule has 0 radical (unpaired) electrons. The molecule has 0 unspecified atom stereocenters. The van der Waals surface area contributed by atoms with Crippen LogP contribution in [0.2, 0.25) is 0 Å². The van der Waals surface area contributed by atoms with Crippen molar-refractivity contribution in [1.82, 2.24) is 10.3 Å². The van der Waals surface area contributed by atoms with E-state index in [1.165, 1.54) is 26.0 Å². The molecule has 3 aliphatic carbocycles. The Hall–Kier alpha value is -9.06. The van der Waals surface area contributed by atoms with Crippen LogP contribution in [-0.4, -0.2) is 132 Å². The number of benzene rings is 6. The van der Waals surface area contributed by atoms with Gasteiger partial charge in [0.1, 0.15) is 29.7 Å². The third-order valence-electron chi connectivity index (χ3n) is 17.8. The van der Waals surface area contributed by atoms with Gasteiger partial charge in [-0.25, -0.2) is 23.0 Å². The van der Waals surface area contributed by atoms with Crippen LogP contribution < -0.4 is 20.1 Å². The molecule has 0 spiro atoms. The number of fused-ring (bicyclic) bond motifs is 7. The number of amides is 1. The topological polar surface area (TPSA) is 302 Å². The summed E-state index contributed by atoms with van der Waals surface area (Å²) in [4.78, 5) is 88.2. The minimum absolute atomic E-state index is 0.00289. The lowest BCUT2D eigenvalue weighted by Crippen LogP contribution is -2.82. The average molecular weight is 1250 g/mol. The molecule has 22 heteroatoms. The molecule has 11 atom stereocenters. The van der Waals surface area contributed by atoms with Crippen LogP contribution in [0.3, 0.4) is 0 Å². The van der Waals surface area contributed by atoms with Gasteiger partial charge >= 0.3 is 23.9 Å². The lowest BCUT2D eigenvalue weighted by molar-refractivity contribution is -0.346. The second-order valence-corrected chi connectivity index (χ2v) is 25.5. The lowest BCUT2D eigenvalue weighted by Gasteiger charge is -2.67. The number of para-hydroxylation sites is 2. The second-order valence-electron chi connectivity index (χ2n) is 23.8. The van der Waals surface area contributed by atoms with Crippen molar-refractivity contribution < 1.29 is 80.9 Å². The van der Waals surface area contributed by atoms with E-state index in [2.05, 4.69) is 15.4 Å². The third kappa shape index (κ3) is 12.0. The monoisotopic (exact) mass is 1250 g/mol. The minimum atomic E-state index is -3.37. The summed E-state index contributed by atoms with van der Waals surface area (Å²) >= 11 is 0. The summed E-state index contributed by atoms with van der Waals surface area (Å²) in [6.07, 6.45) is -9.40. The van der Waals surface area contributed by atoms with Gasteiger partial charge in [-0.05, 0) is 79.1 Å². The van der Waals surface area contributed by atoms with Crippen molar-refractivity contribution in [2.24, 2.45) is 16.7 Å². The molecule has 11 rings (SSSR count). The number of sulfonamides is 1. The minimum Gasteiger partial charge on any atom is -0.494 e. The quantitative estimate of drug-likeness (QED) is 0.0244. The number of aliphatic hydroxyl groups excluding tert-OH is 2. The smallest absolute Gasteiger partial charge is 0.338 e. The molecular weight excluding hydrogens is 1180 g/mol. The van der Waals surface area contributed by atoms with Gasteiger partial charge in [-0.15, -0.1) is 0 Å². The number of esters is 4. The highest BCUT2D eigenvalue weighted by Crippen LogP contribution is 2.64. The molecule has 90 heavy (non-hydrogen) atoms. The molecule has 6 aromatic carbocycles. The molecule has 7 aromatic rings. The van der Waals surface area contributed by atoms with E-state index in [4.69, 9.17) is 33.4 Å². The van der Waals surface area contributed by atoms with Crippen LogP contribution in [0.15, 0.2) is 169 Å². The Balaban J connectivity index is 0.000000264. The van der Waals surface area contributed by atoms with E-state index in [1.807, 2.05) is 48.5 Å². The molecule has 1 aliphatic heterocycles. The van der Waals surface area contributed by atoms with Crippen molar-refractivity contribution in [3.8, 4) is 5.75 Å². The molecule has 2 bridgehead atoms. The standard InChI is InChI=1S/C47H51NO14.C21H19N3O3S/c1-25-31(60-43(56)36(52)35(28-16-10-7-11-17-28)48-41(54)29-18-12-8-13-19-29)23-47(57)40(61-42(55)30-20-14-9-15-21-30)38-45(6,32(51)22-33-46(38,24-58-33)62-27(3)50)39(53)37(59-26(2)49)34(25)44(47,4)5;1-27-20-13-14(24-28(2,25)26)11-12-19(20)23-21-15-7-3-5-9-17(15)22-18-10-6-4-8-16(18)21/h7-21,31-33,35-38,40,51-52,57H,22-24H2,1-6H3,(H,48,54);3-13,24H,1-2H3,(H,22,23)/t31-,32-,33+,35-,36+,37+,38-,40-,45+,46-,47+;/m0./s1. The normalized spacial score (nSPS) is 25.5. The number of anilines is 3. The number of aromatic nitrogens is 1. The van der Waals surface area contributed by atoms with Gasteiger partial charge in [-0.1, -0.05) is 117 Å². The first-order valence-corrected chi connectivity index (χ1v) is 31.0. The van der Waals surface area contributed by atoms with E-state index >= 15 is 4.79 Å². The van der Waals surface area contributed by atoms with Gasteiger partial charge in [0.2, 0.25) is 10.0 Å². The predicted octanol–water partition coefficient (Wildman–Crippen LogP) is 8.25. The zero-order valence-electron chi connectivity index (χ0n) is 50.7. The number of hydrogen-bond donors (Lipinski definition) is 6. The first-order chi connectivity index (χ1) is 42.7. The van der Waals surface area contributed by atoms with Crippen molar-refractivity contribution in [2.45, 2.75) is 108 Å². The first-order valence-electron chi connectivity index (χ1n) is 29.1. The zero-order valence-corrected chi connectivity index (χ0v) is 51.5. The Morgan fingerprint density at radius 2 is 1.33 bits per heavy atom. The number of aliphatic hydroxyl groups is 3. The number of Topliss-reactive ketones (excluding diaryl/α,β-unsaturated/α-hetero) is 1. The highest BCUT2D eigenvalue weighted by molar-refractivity contribution is 7.92. The van der Waals surface area contributed by atoms with Crippen LogP contribution in [0, 0.1) is 16.7 Å². The van der Waals surface area contributed by atoms with Crippen molar-refractivity contribution in [3.05, 3.63) is 186 Å². The summed E-state index contributed by atoms with van der Waals surface area (Å²) in [7, 11) is -1.82. The number of rotatable bonds is 15. The maximum Gasteiger partial charge on any atom is 0.338 e. The number of nitrogens with zero attached hydrogens (tertiary/aromatic N) is 1. The first kappa shape index (κ1) is 63.9. The molecule has 6 N–H and O–H groups in total. The van der Waals surface area contributed by atoms with Crippen LogP contribution in [-0.2, 0) is 52.9 Å². The molecule has 4 aliphatic rings. The van der Waals surface area contributed by atoms with E-state index in [-0.39, 0.29) is 35.3 Å². The number of carbonyl (C=O) groups excluding carboxylic acids is 6. The number of methoxy groups -OCH3 is 1. The maximum absolute atomic E-state index is 15.5. The van der Waals surface area contributed by atoms with E-state index in [0.717, 1.165) is 53.3 Å². The number of ketones is 1. The van der Waals surface area contributed by atoms with Gasteiger partial charge in [0.05, 0.1) is 77.1 Å². The van der Waals surface area contributed by atoms with Gasteiger partial charge in [-0.3, -0.25) is 23.9 Å². The number of carbonyl (C=O) groups is 6. The molecular formula is C68H70N4O17S. The Morgan fingerprint density at radius 1 is 0.756 bits per heavy atom. The number of nitrogens with one attached hydrogen (secondary N) is 3. The van der Waals surface area contributed by atoms with Gasteiger partial charge < -0.3 is 54.4 Å². The second kappa shape index (κ2) is 25.1. The van der Waals surface area contributed by atoms with Crippen LogP contribution in [0.4, 0.5) is 17.1 Å². The summed E-state index contributed by atoms with van der Waals surface area (Å²) < 4.78 is 61.2. The van der Waals surface area contributed by atoms with E-state index in [9.17, 15) is 47.7 Å². The Bertz CT molecular complexity index is 4020. The van der Waals surface area contributed by atoms with Gasteiger partial charge in [0, 0.05) is 54.5 Å². The van der Waals surface area contributed by atoms with Gasteiger partial charge in [0.15, 0.2) is 23.6 Å².